The smallest absolute Gasteiger partial charge is 0.377 e. The number of hydrogen-bond acceptors (Lipinski definition) is 3. The van der Waals surface area contributed by atoms with Crippen LogP contribution in [0.2, 0.25) is 0 Å². The number of esters is 1. The van der Waals surface area contributed by atoms with E-state index in [1.54, 1.807) is 0 Å². The summed E-state index contributed by atoms with van der Waals surface area (Å²) in [6, 6.07) is 26.5. The van der Waals surface area contributed by atoms with Crippen LogP contribution in [0.1, 0.15) is 39.0 Å². The third kappa shape index (κ3) is 4.66. The molecule has 2 atom stereocenters. The average molecular weight is 646 g/mol. The zero-order valence-corrected chi connectivity index (χ0v) is 23.9. The van der Waals surface area contributed by atoms with E-state index < -0.39 is 17.5 Å². The lowest BCUT2D eigenvalue weighted by molar-refractivity contribution is -0.207. The minimum absolute atomic E-state index is 0.0478. The number of ether oxygens (including phenoxy) is 1. The Labute approximate surface area is 236 Å². The Balaban J connectivity index is 0.000000140. The molecule has 0 amide bonds. The van der Waals surface area contributed by atoms with E-state index in [1.165, 1.54) is 28.6 Å². The molecule has 0 N–H and O–H groups in total. The summed E-state index contributed by atoms with van der Waals surface area (Å²) >= 11 is 2.36. The van der Waals surface area contributed by atoms with Crippen LogP contribution >= 0.6 is 33.1 Å². The summed E-state index contributed by atoms with van der Waals surface area (Å²) in [5.74, 6) is -4.44. The Morgan fingerprint density at radius 2 is 1.42 bits per heavy atom. The maximum absolute atomic E-state index is 12.9. The van der Waals surface area contributed by atoms with Gasteiger partial charge in [0.15, 0.2) is 14.3 Å². The molecular formula is C31H28F2IO3S+. The number of carbonyl (C=O) groups is 2. The highest BCUT2D eigenvalue weighted by atomic mass is 127. The maximum Gasteiger partial charge on any atom is 0.377 e. The fraction of sp³-hybridized carbons (Fsp3) is 0.355. The van der Waals surface area contributed by atoms with Crippen LogP contribution in [-0.2, 0) is 14.3 Å². The molecule has 3 aromatic carbocycles. The SMILES string of the molecule is CC(F)(F)C(=O)OC12CC3CC(C1)C(=O)C(C3)C2.Ic1ccc(-[s+]2c3ccccc3c3ccccc32)cc1. The van der Waals surface area contributed by atoms with Crippen LogP contribution in [0.25, 0.3) is 25.1 Å². The lowest BCUT2D eigenvalue weighted by Crippen LogP contribution is -2.57. The Morgan fingerprint density at radius 1 is 0.895 bits per heavy atom. The predicted molar refractivity (Wildman–Crippen MR) is 156 cm³/mol. The van der Waals surface area contributed by atoms with Crippen LogP contribution in [0.3, 0.4) is 0 Å². The van der Waals surface area contributed by atoms with Gasteiger partial charge in [0, 0.05) is 43.6 Å². The minimum Gasteiger partial charge on any atom is -0.455 e. The van der Waals surface area contributed by atoms with Gasteiger partial charge in [-0.05, 0) is 109 Å². The molecule has 0 saturated heterocycles. The molecule has 0 radical (unpaired) electrons. The van der Waals surface area contributed by atoms with Gasteiger partial charge < -0.3 is 4.74 Å². The molecular weight excluding hydrogens is 617 g/mol. The first-order valence-electron chi connectivity index (χ1n) is 13.0. The quantitative estimate of drug-likeness (QED) is 0.127. The van der Waals surface area contributed by atoms with E-state index in [0.717, 1.165) is 12.8 Å². The van der Waals surface area contributed by atoms with Crippen molar-refractivity contribution in [1.82, 2.24) is 0 Å². The molecule has 4 aliphatic rings. The molecule has 4 bridgehead atoms. The first-order chi connectivity index (χ1) is 18.1. The summed E-state index contributed by atoms with van der Waals surface area (Å²) in [7, 11) is 0.0478. The first-order valence-corrected chi connectivity index (χ1v) is 15.3. The molecule has 2 unspecified atom stereocenters. The summed E-state index contributed by atoms with van der Waals surface area (Å²) in [4.78, 5) is 24.7. The van der Waals surface area contributed by atoms with Gasteiger partial charge in [0.2, 0.25) is 0 Å². The topological polar surface area (TPSA) is 43.4 Å². The number of halogens is 3. The van der Waals surface area contributed by atoms with Crippen LogP contribution in [0.5, 0.6) is 0 Å². The van der Waals surface area contributed by atoms with E-state index in [-0.39, 0.29) is 28.1 Å². The van der Waals surface area contributed by atoms with E-state index in [1.807, 2.05) is 0 Å². The van der Waals surface area contributed by atoms with Gasteiger partial charge in [-0.15, -0.1) is 0 Å². The van der Waals surface area contributed by atoms with Crippen LogP contribution < -0.4 is 0 Å². The van der Waals surface area contributed by atoms with Gasteiger partial charge in [-0.25, -0.2) is 4.79 Å². The van der Waals surface area contributed by atoms with Crippen molar-refractivity contribution in [3.63, 3.8) is 0 Å². The Hall–Kier alpha value is -2.39. The van der Waals surface area contributed by atoms with Crippen molar-refractivity contribution in [2.24, 2.45) is 17.8 Å². The molecule has 196 valence electrons. The van der Waals surface area contributed by atoms with Crippen molar-refractivity contribution in [2.75, 3.05) is 0 Å². The second kappa shape index (κ2) is 9.66. The normalized spacial score (nSPS) is 25.9. The summed E-state index contributed by atoms with van der Waals surface area (Å²) in [6.07, 6.45) is 3.23. The molecule has 4 saturated carbocycles. The maximum atomic E-state index is 12.9. The molecule has 3 nitrogen and oxygen atoms in total. The summed E-state index contributed by atoms with van der Waals surface area (Å²) in [6.45, 7) is 0.557. The lowest BCUT2D eigenvalue weighted by Gasteiger charge is -2.54. The highest BCUT2D eigenvalue weighted by Gasteiger charge is 2.58. The van der Waals surface area contributed by atoms with Crippen molar-refractivity contribution >= 4 is 65.0 Å². The molecule has 1 aromatic heterocycles. The summed E-state index contributed by atoms with van der Waals surface area (Å²) in [5.41, 5.74) is -0.791. The number of benzene rings is 3. The van der Waals surface area contributed by atoms with Gasteiger partial charge in [-0.1, -0.05) is 24.3 Å². The van der Waals surface area contributed by atoms with Gasteiger partial charge in [0.05, 0.1) is 0 Å². The van der Waals surface area contributed by atoms with Gasteiger partial charge >= 0.3 is 11.9 Å². The monoisotopic (exact) mass is 645 g/mol. The molecule has 7 heteroatoms. The van der Waals surface area contributed by atoms with E-state index in [2.05, 4.69) is 95.4 Å². The summed E-state index contributed by atoms with van der Waals surface area (Å²) in [5, 5.41) is 2.79. The Kier molecular flexibility index (Phi) is 6.58. The predicted octanol–water partition coefficient (Wildman–Crippen LogP) is 8.67. The van der Waals surface area contributed by atoms with Crippen molar-refractivity contribution in [3.05, 3.63) is 76.4 Å². The largest absolute Gasteiger partial charge is 0.455 e. The molecule has 4 aromatic rings. The molecule has 4 aliphatic carbocycles. The van der Waals surface area contributed by atoms with Gasteiger partial charge in [-0.3, -0.25) is 4.79 Å². The third-order valence-electron chi connectivity index (χ3n) is 8.16. The van der Waals surface area contributed by atoms with Crippen molar-refractivity contribution in [2.45, 2.75) is 50.6 Å². The van der Waals surface area contributed by atoms with E-state index >= 15 is 0 Å². The molecule has 38 heavy (non-hydrogen) atoms. The van der Waals surface area contributed by atoms with Crippen LogP contribution in [0, 0.1) is 21.3 Å². The lowest BCUT2D eigenvalue weighted by atomic mass is 9.53. The fourth-order valence-electron chi connectivity index (χ4n) is 6.76. The zero-order chi connectivity index (χ0) is 26.7. The van der Waals surface area contributed by atoms with Gasteiger partial charge in [0.25, 0.3) is 0 Å². The highest BCUT2D eigenvalue weighted by Crippen LogP contribution is 2.56. The Morgan fingerprint density at radius 3 is 1.95 bits per heavy atom. The molecule has 0 spiro atoms. The minimum atomic E-state index is -3.45. The number of rotatable bonds is 3. The molecule has 1 heterocycles. The van der Waals surface area contributed by atoms with Gasteiger partial charge in [0.1, 0.15) is 11.4 Å². The fourth-order valence-corrected chi connectivity index (χ4v) is 9.50. The third-order valence-corrected chi connectivity index (χ3v) is 11.2. The van der Waals surface area contributed by atoms with Crippen molar-refractivity contribution in [1.29, 1.82) is 0 Å². The molecule has 8 rings (SSSR count). The number of fused-ring (bicyclic) bond motifs is 3. The van der Waals surface area contributed by atoms with Crippen LogP contribution in [0.4, 0.5) is 8.78 Å². The standard InChI is InChI=1S/C18H12IS.C13H16F2O3/c19-13-9-11-14(12-10-13)20-17-7-3-1-5-15(17)16-6-2-4-8-18(16)20;1-12(14,15)11(17)18-13-4-7-2-8(5-13)10(16)9(3-7)6-13/h1-12H;7-9H,2-6H2,1H3/q+1;. The van der Waals surface area contributed by atoms with Gasteiger partial charge in [-0.2, -0.15) is 8.78 Å². The second-order valence-electron chi connectivity index (χ2n) is 11.0. The van der Waals surface area contributed by atoms with Crippen molar-refractivity contribution < 1.29 is 23.1 Å². The first kappa shape index (κ1) is 25.9. The second-order valence-corrected chi connectivity index (χ2v) is 14.2. The number of alkyl halides is 2. The zero-order valence-electron chi connectivity index (χ0n) is 21.0. The van der Waals surface area contributed by atoms with Crippen LogP contribution in [-0.4, -0.2) is 23.3 Å². The number of hydrogen-bond donors (Lipinski definition) is 0. The Bertz CT molecular complexity index is 1470. The van der Waals surface area contributed by atoms with Crippen molar-refractivity contribution in [3.8, 4) is 4.90 Å². The number of Topliss-reactive ketones (excluding diaryl/α,β-unsaturated/α-hetero) is 1. The van der Waals surface area contributed by atoms with E-state index in [4.69, 9.17) is 4.74 Å². The highest BCUT2D eigenvalue weighted by molar-refractivity contribution is 14.1. The average Bonchev–Trinajstić information content (AvgIpc) is 3.21. The van der Waals surface area contributed by atoms with Crippen LogP contribution in [0.15, 0.2) is 72.8 Å². The number of carbonyl (C=O) groups excluding carboxylic acids is 2. The van der Waals surface area contributed by atoms with E-state index in [9.17, 15) is 18.4 Å². The number of thiophene rings is 1. The molecule has 0 aliphatic heterocycles. The molecule has 4 fully saturated rings. The van der Waals surface area contributed by atoms with E-state index in [0.29, 0.717) is 32.1 Å². The number of ketones is 1. The summed E-state index contributed by atoms with van der Waals surface area (Å²) < 4.78 is 35.2.